The van der Waals surface area contributed by atoms with Gasteiger partial charge in [0.15, 0.2) is 0 Å². The second-order valence-electron chi connectivity index (χ2n) is 23.1. The van der Waals surface area contributed by atoms with E-state index in [0.29, 0.717) is 55.2 Å². The molecule has 3 amide bonds. The largest absolute Gasteiger partial charge is 0.480 e. The van der Waals surface area contributed by atoms with E-state index in [2.05, 4.69) is 64.5 Å². The Balaban J connectivity index is 0.000000232. The van der Waals surface area contributed by atoms with Crippen molar-refractivity contribution in [3.63, 3.8) is 0 Å². The number of allylic oxidation sites excluding steroid dienone is 3. The van der Waals surface area contributed by atoms with E-state index in [1.54, 1.807) is 39.0 Å². The highest BCUT2D eigenvalue weighted by Gasteiger charge is 2.49. The number of hydrogen-bond donors (Lipinski definition) is 7. The number of rotatable bonds is 20. The Kier molecular flexibility index (Phi) is 30.0. The zero-order valence-corrected chi connectivity index (χ0v) is 56.9. The van der Waals surface area contributed by atoms with Crippen molar-refractivity contribution in [2.24, 2.45) is 0 Å². The summed E-state index contributed by atoms with van der Waals surface area (Å²) >= 11 is 2.17. The fraction of sp³-hybridized carbons (Fsp3) is 0.360. The number of esters is 2. The number of fused-ring (bicyclic) bond motifs is 3. The van der Waals surface area contributed by atoms with E-state index in [0.717, 1.165) is 103 Å². The lowest BCUT2D eigenvalue weighted by Gasteiger charge is -2.28. The molecular weight excluding hydrogens is 1270 g/mol. The molecule has 0 spiro atoms. The number of carboxylic acids is 1. The van der Waals surface area contributed by atoms with Gasteiger partial charge < -0.3 is 45.7 Å². The maximum absolute atomic E-state index is 13.3. The Morgan fingerprint density at radius 2 is 0.772 bits per heavy atom. The van der Waals surface area contributed by atoms with Gasteiger partial charge in [-0.15, -0.1) is 0 Å². The highest BCUT2D eigenvalue weighted by atomic mass is 127. The van der Waals surface area contributed by atoms with Crippen LogP contribution in [0.3, 0.4) is 0 Å². The third kappa shape index (κ3) is 20.3. The zero-order valence-electron chi connectivity index (χ0n) is 54.7. The quantitative estimate of drug-likeness (QED) is 0.0215. The first-order chi connectivity index (χ1) is 44.1. The summed E-state index contributed by atoms with van der Waals surface area (Å²) in [6.07, 6.45) is 18.2. The first kappa shape index (κ1) is 74.8. The molecule has 7 N–H and O–H groups in total. The summed E-state index contributed by atoms with van der Waals surface area (Å²) in [6, 6.07) is 40.3. The predicted molar refractivity (Wildman–Crippen MR) is 374 cm³/mol. The van der Waals surface area contributed by atoms with Crippen molar-refractivity contribution in [3.05, 3.63) is 233 Å². The summed E-state index contributed by atoms with van der Waals surface area (Å²) in [5.41, 5.74) is 9.35. The molecule has 0 unspecified atom stereocenters. The average molecular weight is 1360 g/mol. The summed E-state index contributed by atoms with van der Waals surface area (Å²) < 4.78 is 11.6. The minimum absolute atomic E-state index is 0.242. The van der Waals surface area contributed by atoms with Gasteiger partial charge in [0.2, 0.25) is 0 Å². The smallest absolute Gasteiger partial charge is 0.479 e. The molecule has 0 bridgehead atoms. The van der Waals surface area contributed by atoms with Crippen LogP contribution in [0.15, 0.2) is 152 Å². The standard InChI is InChI=1S/C25H29NO3.C23H25NO3.C20H20INO3.C5H11BO2.C2H6O/c1-4-6-7-14-21-18(3)11-10-15-22(21)23(27)26-25(24(28)29-5-2)16-19-12-8-9-13-20(19)17-25;1-3-4-5-12-19-16(2)9-8-13-20(19)21(25)24-23(22(26)27)14-17-10-6-7-11-18(17)15-23;1-3-25-19(24)20(11-14-8-4-5-9-15(14)12-20)22-18(23)16-10-6-7-13(2)17(16)21;1-2-3-4-5-6(7)8;1-2-3/h7-15H,4-6,16-17H2,1-3H3,(H,26,27);5-13H,3-4,14-15H2,1-2H3,(H,24,25)(H,26,27);4-10H,3,11-12H2,1-2H3,(H,22,23);4-5,7-8H,2-3H2,1H3;3H,2H2,1H3/b14-7+;12-5+;;5-4+;. The van der Waals surface area contributed by atoms with Crippen molar-refractivity contribution in [1.82, 2.24) is 16.0 Å². The van der Waals surface area contributed by atoms with Crippen molar-refractivity contribution in [3.8, 4) is 0 Å². The topological polar surface area (TPSA) is 238 Å². The highest BCUT2D eigenvalue weighted by molar-refractivity contribution is 14.1. The molecule has 0 heterocycles. The number of amides is 3. The van der Waals surface area contributed by atoms with E-state index < -0.39 is 29.7 Å². The molecule has 488 valence electrons. The molecule has 0 saturated carbocycles. The SMILES string of the molecule is CCC/C=C/B(O)O.CCC/C=C/c1c(C)cccc1C(=O)NC1(C(=O)O)Cc2ccccc2C1.CCC/C=C/c1c(C)cccc1C(=O)NC1(C(=O)OCC)Cc2ccccc2C1.CCO.CCOC(=O)C1(NC(=O)c2cccc(C)c2I)Cc2ccccc2C1. The maximum atomic E-state index is 13.3. The first-order valence-corrected chi connectivity index (χ1v) is 32.9. The molecule has 3 aliphatic rings. The van der Waals surface area contributed by atoms with E-state index >= 15 is 0 Å². The average Bonchev–Trinajstić information content (AvgIpc) is 1.63. The molecule has 0 atom stereocenters. The molecular formula is C75H91BIN3O12. The molecule has 0 saturated heterocycles. The van der Waals surface area contributed by atoms with Crippen molar-refractivity contribution in [2.45, 2.75) is 156 Å². The van der Waals surface area contributed by atoms with E-state index in [9.17, 15) is 33.9 Å². The summed E-state index contributed by atoms with van der Waals surface area (Å²) in [5, 5.41) is 42.8. The van der Waals surface area contributed by atoms with Crippen LogP contribution in [0.4, 0.5) is 0 Å². The number of ether oxygens (including phenoxy) is 2. The van der Waals surface area contributed by atoms with Crippen molar-refractivity contribution >= 4 is 77.5 Å². The number of aliphatic carboxylic acids is 1. The van der Waals surface area contributed by atoms with Gasteiger partial charge in [-0.25, -0.2) is 14.4 Å². The molecule has 3 aliphatic carbocycles. The molecule has 9 rings (SSSR count). The molecule has 0 aliphatic heterocycles. The number of unbranched alkanes of at least 4 members (excludes halogenated alkanes) is 3. The van der Waals surface area contributed by atoms with Crippen LogP contribution in [0.1, 0.15) is 172 Å². The molecule has 17 heteroatoms. The summed E-state index contributed by atoms with van der Waals surface area (Å²) in [4.78, 5) is 77.0. The third-order valence-electron chi connectivity index (χ3n) is 15.9. The molecule has 6 aromatic rings. The number of halogens is 1. The number of carboxylic acid groups (broad SMARTS) is 1. The molecule has 15 nitrogen and oxygen atoms in total. The van der Waals surface area contributed by atoms with E-state index in [4.69, 9.17) is 24.6 Å². The number of nitrogens with one attached hydrogen (secondary N) is 3. The molecule has 0 aromatic heterocycles. The Morgan fingerprint density at radius 3 is 1.10 bits per heavy atom. The Hall–Kier alpha value is -7.97. The second-order valence-corrected chi connectivity index (χ2v) is 24.1. The van der Waals surface area contributed by atoms with Crippen molar-refractivity contribution in [1.29, 1.82) is 0 Å². The molecule has 92 heavy (non-hydrogen) atoms. The predicted octanol–water partition coefficient (Wildman–Crippen LogP) is 12.6. The van der Waals surface area contributed by atoms with Gasteiger partial charge in [-0.3, -0.25) is 14.4 Å². The molecule has 0 radical (unpaired) electrons. The van der Waals surface area contributed by atoms with Crippen LogP contribution < -0.4 is 16.0 Å². The van der Waals surface area contributed by atoms with Crippen LogP contribution in [0.25, 0.3) is 12.2 Å². The lowest BCUT2D eigenvalue weighted by molar-refractivity contribution is -0.151. The number of carbonyl (C=O) groups is 6. The van der Waals surface area contributed by atoms with Crippen LogP contribution in [0, 0.1) is 24.3 Å². The Morgan fingerprint density at radius 1 is 0.467 bits per heavy atom. The second kappa shape index (κ2) is 36.9. The van der Waals surface area contributed by atoms with Gasteiger partial charge in [-0.05, 0) is 163 Å². The fourth-order valence-corrected chi connectivity index (χ4v) is 11.8. The monoisotopic (exact) mass is 1360 g/mol. The van der Waals surface area contributed by atoms with Gasteiger partial charge >= 0.3 is 25.0 Å². The molecule has 6 aromatic carbocycles. The van der Waals surface area contributed by atoms with Crippen molar-refractivity contribution in [2.75, 3.05) is 19.8 Å². The van der Waals surface area contributed by atoms with Gasteiger partial charge in [0.25, 0.3) is 17.7 Å². The number of benzene rings is 6. The number of aliphatic hydroxyl groups is 1. The minimum atomic E-state index is -1.30. The number of aryl methyl sites for hydroxylation is 3. The number of carbonyl (C=O) groups excluding carboxylic acids is 5. The summed E-state index contributed by atoms with van der Waals surface area (Å²) in [6.45, 7) is 18.2. The number of aliphatic hydroxyl groups excluding tert-OH is 1. The van der Waals surface area contributed by atoms with Gasteiger partial charge in [-0.2, -0.15) is 0 Å². The Labute approximate surface area is 557 Å². The van der Waals surface area contributed by atoms with E-state index in [-0.39, 0.29) is 49.5 Å². The fourth-order valence-electron chi connectivity index (χ4n) is 11.2. The summed E-state index contributed by atoms with van der Waals surface area (Å²) in [5.74, 6) is -1.21. The first-order valence-electron chi connectivity index (χ1n) is 31.8. The lowest BCUT2D eigenvalue weighted by Crippen LogP contribution is -2.56. The highest BCUT2D eigenvalue weighted by Crippen LogP contribution is 2.35. The number of hydrogen-bond acceptors (Lipinski definition) is 11. The summed E-state index contributed by atoms with van der Waals surface area (Å²) in [7, 11) is -1.28. The van der Waals surface area contributed by atoms with Crippen LogP contribution in [-0.4, -0.2) is 99.4 Å². The van der Waals surface area contributed by atoms with Gasteiger partial charge in [0.05, 0.1) is 18.8 Å². The minimum Gasteiger partial charge on any atom is -0.479 e. The maximum Gasteiger partial charge on any atom is 0.480 e. The van der Waals surface area contributed by atoms with Crippen LogP contribution in [0.5, 0.6) is 0 Å². The lowest BCUT2D eigenvalue weighted by atomic mass is 9.91. The van der Waals surface area contributed by atoms with Crippen molar-refractivity contribution < 1.29 is 58.5 Å². The van der Waals surface area contributed by atoms with Gasteiger partial charge in [-0.1, -0.05) is 186 Å². The van der Waals surface area contributed by atoms with Crippen LogP contribution >= 0.6 is 22.6 Å². The van der Waals surface area contributed by atoms with E-state index in [1.165, 1.54) is 5.98 Å². The molecule has 0 fully saturated rings. The van der Waals surface area contributed by atoms with Crippen LogP contribution in [0.2, 0.25) is 0 Å². The van der Waals surface area contributed by atoms with Gasteiger partial charge in [0, 0.05) is 59.8 Å². The Bertz CT molecular complexity index is 3500. The third-order valence-corrected chi connectivity index (χ3v) is 17.4. The normalized spacial score (nSPS) is 14.1. The van der Waals surface area contributed by atoms with Crippen LogP contribution in [-0.2, 0) is 62.4 Å². The van der Waals surface area contributed by atoms with Gasteiger partial charge in [0.1, 0.15) is 16.6 Å². The van der Waals surface area contributed by atoms with E-state index in [1.807, 2.05) is 155 Å². The zero-order chi connectivity index (χ0) is 67.4.